The summed E-state index contributed by atoms with van der Waals surface area (Å²) in [5.74, 6) is 0. The molecule has 0 aromatic heterocycles. The maximum Gasteiger partial charge on any atom is 0.410 e. The third-order valence-corrected chi connectivity index (χ3v) is 5.25. The maximum atomic E-state index is 12.5. The first-order chi connectivity index (χ1) is 12.1. The smallest absolute Gasteiger partial charge is 0.410 e. The average Bonchev–Trinajstić information content (AvgIpc) is 2.63. The molecular formula is C19H27N3O3. The third-order valence-electron chi connectivity index (χ3n) is 5.25. The molecule has 2 aliphatic rings. The van der Waals surface area contributed by atoms with Crippen molar-refractivity contribution in [2.75, 3.05) is 26.7 Å². The molecule has 1 aromatic carbocycles. The molecule has 3 rings (SSSR count). The highest BCUT2D eigenvalue weighted by Gasteiger charge is 2.39. The average molecular weight is 345 g/mol. The Morgan fingerprint density at radius 3 is 2.68 bits per heavy atom. The number of urea groups is 1. The summed E-state index contributed by atoms with van der Waals surface area (Å²) < 4.78 is 5.49. The van der Waals surface area contributed by atoms with Crippen LogP contribution in [0.5, 0.6) is 0 Å². The van der Waals surface area contributed by atoms with E-state index in [-0.39, 0.29) is 30.8 Å². The van der Waals surface area contributed by atoms with Gasteiger partial charge >= 0.3 is 12.1 Å². The van der Waals surface area contributed by atoms with Crippen molar-refractivity contribution in [3.05, 3.63) is 35.9 Å². The van der Waals surface area contributed by atoms with Gasteiger partial charge in [0.2, 0.25) is 0 Å². The minimum absolute atomic E-state index is 0.0347. The standard InChI is InChI=1S/C19H27N3O3/c1-15-17(22-13-7-11-20(2)18(22)23)10-6-12-21(15)19(24)25-14-16-8-4-3-5-9-16/h3-5,8-9,15,17H,6-7,10-14H2,1-2H3/t15-,17-/m1/s1. The van der Waals surface area contributed by atoms with Gasteiger partial charge in [-0.15, -0.1) is 0 Å². The number of amides is 3. The van der Waals surface area contributed by atoms with E-state index in [4.69, 9.17) is 4.74 Å². The molecule has 2 fully saturated rings. The molecule has 6 heteroatoms. The Hall–Kier alpha value is -2.24. The van der Waals surface area contributed by atoms with Crippen molar-refractivity contribution in [1.82, 2.24) is 14.7 Å². The number of ether oxygens (including phenoxy) is 1. The van der Waals surface area contributed by atoms with Crippen molar-refractivity contribution in [2.45, 2.75) is 44.9 Å². The summed E-state index contributed by atoms with van der Waals surface area (Å²) in [7, 11) is 1.84. The second-order valence-electron chi connectivity index (χ2n) is 6.93. The van der Waals surface area contributed by atoms with Gasteiger partial charge in [-0.25, -0.2) is 9.59 Å². The molecule has 6 nitrogen and oxygen atoms in total. The van der Waals surface area contributed by atoms with Crippen LogP contribution in [0.25, 0.3) is 0 Å². The van der Waals surface area contributed by atoms with E-state index in [2.05, 4.69) is 0 Å². The topological polar surface area (TPSA) is 53.1 Å². The highest BCUT2D eigenvalue weighted by atomic mass is 16.6. The molecule has 0 aliphatic carbocycles. The summed E-state index contributed by atoms with van der Waals surface area (Å²) in [6.07, 6.45) is 2.51. The van der Waals surface area contributed by atoms with Gasteiger partial charge in [-0.1, -0.05) is 30.3 Å². The number of hydrogen-bond acceptors (Lipinski definition) is 3. The molecule has 25 heavy (non-hydrogen) atoms. The molecule has 0 spiro atoms. The van der Waals surface area contributed by atoms with E-state index < -0.39 is 0 Å². The quantitative estimate of drug-likeness (QED) is 0.846. The number of carbonyl (C=O) groups excluding carboxylic acids is 2. The third kappa shape index (κ3) is 3.89. The van der Waals surface area contributed by atoms with Crippen molar-refractivity contribution in [3.63, 3.8) is 0 Å². The lowest BCUT2D eigenvalue weighted by Gasteiger charge is -2.46. The maximum absolute atomic E-state index is 12.5. The first-order valence-electron chi connectivity index (χ1n) is 9.07. The minimum atomic E-state index is -0.293. The fraction of sp³-hybridized carbons (Fsp3) is 0.579. The van der Waals surface area contributed by atoms with E-state index in [0.29, 0.717) is 6.54 Å². The normalized spacial score (nSPS) is 24.4. The highest BCUT2D eigenvalue weighted by molar-refractivity contribution is 5.75. The summed E-state index contributed by atoms with van der Waals surface area (Å²) in [4.78, 5) is 30.5. The van der Waals surface area contributed by atoms with Crippen LogP contribution in [0.2, 0.25) is 0 Å². The Labute approximate surface area is 149 Å². The summed E-state index contributed by atoms with van der Waals surface area (Å²) in [5.41, 5.74) is 0.977. The number of piperidine rings is 1. The van der Waals surface area contributed by atoms with Crippen molar-refractivity contribution >= 4 is 12.1 Å². The summed E-state index contributed by atoms with van der Waals surface area (Å²) in [6, 6.07) is 9.79. The van der Waals surface area contributed by atoms with Gasteiger partial charge in [-0.2, -0.15) is 0 Å². The molecular weight excluding hydrogens is 318 g/mol. The number of likely N-dealkylation sites (tertiary alicyclic amines) is 1. The van der Waals surface area contributed by atoms with Crippen molar-refractivity contribution in [1.29, 1.82) is 0 Å². The zero-order valence-corrected chi connectivity index (χ0v) is 15.1. The molecule has 2 saturated heterocycles. The fourth-order valence-corrected chi connectivity index (χ4v) is 3.80. The molecule has 0 radical (unpaired) electrons. The number of carbonyl (C=O) groups is 2. The van der Waals surface area contributed by atoms with E-state index in [1.807, 2.05) is 49.2 Å². The lowest BCUT2D eigenvalue weighted by atomic mass is 9.95. The SMILES string of the molecule is C[C@@H]1[C@H](N2CCCN(C)C2=O)CCCN1C(=O)OCc1ccccc1. The number of benzene rings is 1. The number of nitrogens with zero attached hydrogens (tertiary/aromatic N) is 3. The van der Waals surface area contributed by atoms with Gasteiger partial charge in [0.25, 0.3) is 0 Å². The zero-order chi connectivity index (χ0) is 17.8. The van der Waals surface area contributed by atoms with E-state index in [1.165, 1.54) is 0 Å². The van der Waals surface area contributed by atoms with Crippen molar-refractivity contribution in [2.24, 2.45) is 0 Å². The van der Waals surface area contributed by atoms with E-state index >= 15 is 0 Å². The molecule has 0 N–H and O–H groups in total. The van der Waals surface area contributed by atoms with E-state index in [9.17, 15) is 9.59 Å². The molecule has 2 heterocycles. The molecule has 1 aromatic rings. The Kier molecular flexibility index (Phi) is 5.46. The van der Waals surface area contributed by atoms with Gasteiger partial charge in [0.15, 0.2) is 0 Å². The first kappa shape index (κ1) is 17.6. The van der Waals surface area contributed by atoms with Crippen molar-refractivity contribution in [3.8, 4) is 0 Å². The van der Waals surface area contributed by atoms with Crippen LogP contribution in [0.15, 0.2) is 30.3 Å². The lowest BCUT2D eigenvalue weighted by molar-refractivity contribution is 0.0286. The Morgan fingerprint density at radius 2 is 1.92 bits per heavy atom. The zero-order valence-electron chi connectivity index (χ0n) is 15.1. The van der Waals surface area contributed by atoms with Crippen LogP contribution in [0.3, 0.4) is 0 Å². The number of rotatable bonds is 3. The molecule has 136 valence electrons. The second-order valence-corrected chi connectivity index (χ2v) is 6.93. The van der Waals surface area contributed by atoms with Crippen LogP contribution in [0.1, 0.15) is 31.7 Å². The van der Waals surface area contributed by atoms with Crippen LogP contribution >= 0.6 is 0 Å². The highest BCUT2D eigenvalue weighted by Crippen LogP contribution is 2.26. The minimum Gasteiger partial charge on any atom is -0.445 e. The van der Waals surface area contributed by atoms with E-state index in [0.717, 1.165) is 37.9 Å². The fourth-order valence-electron chi connectivity index (χ4n) is 3.80. The molecule has 0 bridgehead atoms. The Balaban J connectivity index is 1.62. The molecule has 2 aliphatic heterocycles. The molecule has 0 saturated carbocycles. The van der Waals surface area contributed by atoms with Gasteiger partial charge in [-0.05, 0) is 31.7 Å². The predicted octanol–water partition coefficient (Wildman–Crippen LogP) is 2.93. The molecule has 0 unspecified atom stereocenters. The van der Waals surface area contributed by atoms with Crippen LogP contribution in [-0.4, -0.2) is 65.6 Å². The molecule has 3 amide bonds. The van der Waals surface area contributed by atoms with Crippen LogP contribution < -0.4 is 0 Å². The second kappa shape index (κ2) is 7.76. The van der Waals surface area contributed by atoms with Gasteiger partial charge in [0, 0.05) is 26.7 Å². The van der Waals surface area contributed by atoms with Gasteiger partial charge in [0.1, 0.15) is 6.61 Å². The number of hydrogen-bond donors (Lipinski definition) is 0. The van der Waals surface area contributed by atoms with Crippen LogP contribution in [0.4, 0.5) is 9.59 Å². The molecule has 2 atom stereocenters. The largest absolute Gasteiger partial charge is 0.445 e. The monoisotopic (exact) mass is 345 g/mol. The summed E-state index contributed by atoms with van der Waals surface area (Å²) in [5, 5.41) is 0. The van der Waals surface area contributed by atoms with Gasteiger partial charge < -0.3 is 19.4 Å². The van der Waals surface area contributed by atoms with Gasteiger partial charge in [-0.3, -0.25) is 0 Å². The summed E-state index contributed by atoms with van der Waals surface area (Å²) in [6.45, 7) is 4.56. The Bertz CT molecular complexity index is 607. The first-order valence-corrected chi connectivity index (χ1v) is 9.07. The lowest BCUT2D eigenvalue weighted by Crippen LogP contribution is -2.60. The van der Waals surface area contributed by atoms with E-state index in [1.54, 1.807) is 9.80 Å². The van der Waals surface area contributed by atoms with Crippen LogP contribution in [-0.2, 0) is 11.3 Å². The van der Waals surface area contributed by atoms with Crippen LogP contribution in [0, 0.1) is 0 Å². The van der Waals surface area contributed by atoms with Gasteiger partial charge in [0.05, 0.1) is 12.1 Å². The summed E-state index contributed by atoms with van der Waals surface area (Å²) >= 11 is 0. The van der Waals surface area contributed by atoms with Crippen molar-refractivity contribution < 1.29 is 14.3 Å². The predicted molar refractivity (Wildman–Crippen MR) is 95.2 cm³/mol. The Morgan fingerprint density at radius 1 is 1.16 bits per heavy atom.